The number of ether oxygens (including phenoxy) is 2. The minimum Gasteiger partial charge on any atom is -0.433 e. The number of hydrogen-bond acceptors (Lipinski definition) is 4. The highest BCUT2D eigenvalue weighted by atomic mass is 16.8. The molecule has 0 aromatic carbocycles. The molecule has 2 fully saturated rings. The summed E-state index contributed by atoms with van der Waals surface area (Å²) < 4.78 is 10.3. The Kier molecular flexibility index (Phi) is 6.55. The molecule has 0 aromatic rings. The van der Waals surface area contributed by atoms with Gasteiger partial charge in [0.2, 0.25) is 6.29 Å². The van der Waals surface area contributed by atoms with E-state index in [2.05, 4.69) is 19.1 Å². The van der Waals surface area contributed by atoms with Crippen molar-refractivity contribution in [2.24, 2.45) is 5.92 Å². The topological polar surface area (TPSA) is 55.9 Å². The van der Waals surface area contributed by atoms with Crippen LogP contribution in [0.15, 0.2) is 34.9 Å². The van der Waals surface area contributed by atoms with Gasteiger partial charge in [-0.25, -0.2) is 0 Å². The van der Waals surface area contributed by atoms with Gasteiger partial charge in [0, 0.05) is 6.42 Å². The first-order chi connectivity index (χ1) is 11.4. The summed E-state index contributed by atoms with van der Waals surface area (Å²) in [5, 5.41) is 0. The predicted octanol–water partition coefficient (Wildman–Crippen LogP) is 4.26. The summed E-state index contributed by atoms with van der Waals surface area (Å²) in [5.41, 5.74) is 3.48. The molecule has 0 bridgehead atoms. The first-order valence-corrected chi connectivity index (χ1v) is 8.71. The van der Waals surface area contributed by atoms with E-state index < -0.39 is 0 Å². The number of allylic oxidation sites excluding steroid dienone is 6. The molecule has 0 saturated carbocycles. The average molecular weight is 332 g/mol. The van der Waals surface area contributed by atoms with E-state index >= 15 is 0 Å². The molecule has 24 heavy (non-hydrogen) atoms. The fourth-order valence-corrected chi connectivity index (χ4v) is 2.98. The van der Waals surface area contributed by atoms with E-state index in [-0.39, 0.29) is 30.1 Å². The van der Waals surface area contributed by atoms with Gasteiger partial charge in [0.15, 0.2) is 5.78 Å². The van der Waals surface area contributed by atoms with Gasteiger partial charge in [-0.2, -0.15) is 0 Å². The SMILES string of the molecule is CC(C)=CC(=O)CC(C)=CCCC(C)=CCCC1C(=O)OC2OC21. The third-order valence-corrected chi connectivity index (χ3v) is 4.32. The molecule has 2 saturated heterocycles. The number of epoxide rings is 1. The highest BCUT2D eigenvalue weighted by Gasteiger charge is 2.57. The third kappa shape index (κ3) is 5.75. The van der Waals surface area contributed by atoms with Crippen LogP contribution in [0.5, 0.6) is 0 Å². The second-order valence-corrected chi connectivity index (χ2v) is 7.09. The quantitative estimate of drug-likeness (QED) is 0.274. The molecule has 2 aliphatic heterocycles. The average Bonchev–Trinajstić information content (AvgIpc) is 3.14. The normalized spacial score (nSPS) is 26.0. The van der Waals surface area contributed by atoms with Crippen molar-refractivity contribution in [3.05, 3.63) is 34.9 Å². The monoisotopic (exact) mass is 332 g/mol. The summed E-state index contributed by atoms with van der Waals surface area (Å²) >= 11 is 0. The van der Waals surface area contributed by atoms with Crippen molar-refractivity contribution in [2.45, 2.75) is 72.2 Å². The van der Waals surface area contributed by atoms with Crippen LogP contribution in [0.3, 0.4) is 0 Å². The minimum absolute atomic E-state index is 0.00938. The molecular weight excluding hydrogens is 304 g/mol. The summed E-state index contributed by atoms with van der Waals surface area (Å²) in [6.45, 7) is 7.99. The van der Waals surface area contributed by atoms with Crippen molar-refractivity contribution >= 4 is 11.8 Å². The summed E-state index contributed by atoms with van der Waals surface area (Å²) in [6.07, 6.45) is 9.88. The fraction of sp³-hybridized carbons (Fsp3) is 0.600. The van der Waals surface area contributed by atoms with Crippen LogP contribution in [0.25, 0.3) is 0 Å². The van der Waals surface area contributed by atoms with Crippen molar-refractivity contribution in [1.29, 1.82) is 0 Å². The van der Waals surface area contributed by atoms with Crippen LogP contribution in [-0.4, -0.2) is 24.1 Å². The lowest BCUT2D eigenvalue weighted by atomic mass is 9.99. The van der Waals surface area contributed by atoms with Gasteiger partial charge in [-0.15, -0.1) is 0 Å². The standard InChI is InChI=1S/C20H28O4/c1-13(2)11-16(21)12-15(4)9-5-7-14(3)8-6-10-17-18-20(23-18)24-19(17)22/h8-9,11,17-18,20H,5-7,10,12H2,1-4H3. The maximum absolute atomic E-state index is 11.7. The smallest absolute Gasteiger partial charge is 0.314 e. The number of carbonyl (C=O) groups excluding carboxylic acids is 2. The molecular formula is C20H28O4. The lowest BCUT2D eigenvalue weighted by Gasteiger charge is -2.06. The van der Waals surface area contributed by atoms with Gasteiger partial charge in [-0.3, -0.25) is 9.59 Å². The maximum atomic E-state index is 11.7. The molecule has 0 spiro atoms. The van der Waals surface area contributed by atoms with Gasteiger partial charge in [0.05, 0.1) is 5.92 Å². The highest BCUT2D eigenvalue weighted by Crippen LogP contribution is 2.40. The van der Waals surface area contributed by atoms with Crippen LogP contribution >= 0.6 is 0 Å². The number of rotatable bonds is 9. The Morgan fingerprint density at radius 3 is 2.42 bits per heavy atom. The zero-order valence-electron chi connectivity index (χ0n) is 15.1. The number of ketones is 1. The molecule has 3 atom stereocenters. The van der Waals surface area contributed by atoms with E-state index in [4.69, 9.17) is 9.47 Å². The van der Waals surface area contributed by atoms with E-state index in [0.29, 0.717) is 6.42 Å². The molecule has 2 aliphatic rings. The van der Waals surface area contributed by atoms with Crippen LogP contribution in [-0.2, 0) is 19.1 Å². The maximum Gasteiger partial charge on any atom is 0.314 e. The second-order valence-electron chi connectivity index (χ2n) is 7.09. The van der Waals surface area contributed by atoms with Crippen LogP contribution in [0.2, 0.25) is 0 Å². The Hall–Kier alpha value is -1.68. The number of fused-ring (bicyclic) bond motifs is 1. The summed E-state index contributed by atoms with van der Waals surface area (Å²) in [5.74, 6) is -0.0239. The molecule has 3 unspecified atom stereocenters. The first kappa shape index (κ1) is 18.7. The van der Waals surface area contributed by atoms with Crippen LogP contribution < -0.4 is 0 Å². The molecule has 4 heteroatoms. The van der Waals surface area contributed by atoms with Gasteiger partial charge in [-0.1, -0.05) is 28.9 Å². The van der Waals surface area contributed by atoms with Crippen molar-refractivity contribution in [3.63, 3.8) is 0 Å². The van der Waals surface area contributed by atoms with E-state index in [1.807, 2.05) is 20.8 Å². The lowest BCUT2D eigenvalue weighted by molar-refractivity contribution is -0.151. The van der Waals surface area contributed by atoms with Gasteiger partial charge in [-0.05, 0) is 59.5 Å². The fourth-order valence-electron chi connectivity index (χ4n) is 2.98. The third-order valence-electron chi connectivity index (χ3n) is 4.32. The number of hydrogen-bond donors (Lipinski definition) is 0. The molecule has 0 amide bonds. The Bertz CT molecular complexity index is 578. The number of esters is 1. The Morgan fingerprint density at radius 1 is 1.08 bits per heavy atom. The Labute approximate surface area is 144 Å². The Balaban J connectivity index is 1.65. The molecule has 0 aliphatic carbocycles. The van der Waals surface area contributed by atoms with Crippen molar-refractivity contribution < 1.29 is 19.1 Å². The summed E-state index contributed by atoms with van der Waals surface area (Å²) in [6, 6.07) is 0. The predicted molar refractivity (Wildman–Crippen MR) is 93.3 cm³/mol. The van der Waals surface area contributed by atoms with E-state index in [1.165, 1.54) is 5.57 Å². The molecule has 132 valence electrons. The molecule has 0 radical (unpaired) electrons. The zero-order valence-corrected chi connectivity index (χ0v) is 15.1. The number of carbonyl (C=O) groups is 2. The molecule has 4 nitrogen and oxygen atoms in total. The van der Waals surface area contributed by atoms with Crippen LogP contribution in [0.1, 0.15) is 59.8 Å². The van der Waals surface area contributed by atoms with Crippen molar-refractivity contribution in [2.75, 3.05) is 0 Å². The molecule has 0 N–H and O–H groups in total. The molecule has 2 heterocycles. The second kappa shape index (κ2) is 8.43. The summed E-state index contributed by atoms with van der Waals surface area (Å²) in [4.78, 5) is 23.2. The van der Waals surface area contributed by atoms with Crippen molar-refractivity contribution in [1.82, 2.24) is 0 Å². The Morgan fingerprint density at radius 2 is 1.79 bits per heavy atom. The molecule has 0 aromatic heterocycles. The van der Waals surface area contributed by atoms with Crippen molar-refractivity contribution in [3.8, 4) is 0 Å². The minimum atomic E-state index is -0.255. The van der Waals surface area contributed by atoms with Gasteiger partial charge in [0.1, 0.15) is 6.10 Å². The van der Waals surface area contributed by atoms with Gasteiger partial charge >= 0.3 is 5.97 Å². The highest BCUT2D eigenvalue weighted by molar-refractivity contribution is 5.91. The van der Waals surface area contributed by atoms with E-state index in [1.54, 1.807) is 6.08 Å². The van der Waals surface area contributed by atoms with E-state index in [9.17, 15) is 9.59 Å². The zero-order chi connectivity index (χ0) is 17.7. The van der Waals surface area contributed by atoms with Crippen LogP contribution in [0, 0.1) is 5.92 Å². The van der Waals surface area contributed by atoms with Crippen LogP contribution in [0.4, 0.5) is 0 Å². The lowest BCUT2D eigenvalue weighted by Crippen LogP contribution is -2.15. The van der Waals surface area contributed by atoms with Gasteiger partial charge < -0.3 is 9.47 Å². The largest absolute Gasteiger partial charge is 0.433 e. The van der Waals surface area contributed by atoms with Gasteiger partial charge in [0.25, 0.3) is 0 Å². The first-order valence-electron chi connectivity index (χ1n) is 8.71. The summed E-state index contributed by atoms with van der Waals surface area (Å²) in [7, 11) is 0. The van der Waals surface area contributed by atoms with E-state index in [0.717, 1.165) is 36.8 Å². The molecule has 2 rings (SSSR count).